The van der Waals surface area contributed by atoms with Gasteiger partial charge in [-0.05, 0) is 57.2 Å². The smallest absolute Gasteiger partial charge is 0.220 e. The van der Waals surface area contributed by atoms with Gasteiger partial charge >= 0.3 is 0 Å². The first kappa shape index (κ1) is 21.1. The molecule has 160 valence electrons. The summed E-state index contributed by atoms with van der Waals surface area (Å²) < 4.78 is 0. The molecule has 2 unspecified atom stereocenters. The minimum absolute atomic E-state index is 0.203. The number of amides is 1. The van der Waals surface area contributed by atoms with E-state index in [4.69, 9.17) is 11.6 Å². The zero-order valence-corrected chi connectivity index (χ0v) is 18.5. The summed E-state index contributed by atoms with van der Waals surface area (Å²) >= 11 is 6.09. The minimum Gasteiger partial charge on any atom is -0.353 e. The molecule has 6 heteroatoms. The number of hydrazine groups is 1. The first-order valence-electron chi connectivity index (χ1n) is 11.2. The molecule has 1 aliphatic carbocycles. The third-order valence-corrected chi connectivity index (χ3v) is 7.74. The highest BCUT2D eigenvalue weighted by Crippen LogP contribution is 2.44. The van der Waals surface area contributed by atoms with Gasteiger partial charge in [-0.15, -0.1) is 0 Å². The predicted molar refractivity (Wildman–Crippen MR) is 118 cm³/mol. The van der Waals surface area contributed by atoms with Gasteiger partial charge in [0, 0.05) is 60.5 Å². The maximum absolute atomic E-state index is 12.5. The van der Waals surface area contributed by atoms with Crippen molar-refractivity contribution >= 4 is 17.5 Å². The second kappa shape index (κ2) is 8.93. The lowest BCUT2D eigenvalue weighted by molar-refractivity contribution is -0.123. The summed E-state index contributed by atoms with van der Waals surface area (Å²) in [5, 5.41) is 4.11. The van der Waals surface area contributed by atoms with Crippen LogP contribution in [0.25, 0.3) is 0 Å². The fourth-order valence-corrected chi connectivity index (χ4v) is 5.50. The molecule has 0 radical (unpaired) electrons. The van der Waals surface area contributed by atoms with E-state index in [1.807, 2.05) is 12.1 Å². The first-order chi connectivity index (χ1) is 13.9. The molecule has 2 saturated heterocycles. The topological polar surface area (TPSA) is 56.4 Å². The van der Waals surface area contributed by atoms with Gasteiger partial charge in [0.05, 0.1) is 0 Å². The van der Waals surface area contributed by atoms with Crippen LogP contribution in [0.5, 0.6) is 0 Å². The van der Waals surface area contributed by atoms with E-state index in [-0.39, 0.29) is 5.91 Å². The van der Waals surface area contributed by atoms with Crippen LogP contribution in [0, 0.1) is 5.92 Å². The van der Waals surface area contributed by atoms with Gasteiger partial charge in [-0.3, -0.25) is 15.6 Å². The Kier molecular flexibility index (Phi) is 6.50. The number of hydrogen-bond donors (Lipinski definition) is 3. The maximum Gasteiger partial charge on any atom is 0.220 e. The van der Waals surface area contributed by atoms with Crippen molar-refractivity contribution in [3.8, 4) is 0 Å². The zero-order valence-electron chi connectivity index (χ0n) is 17.7. The average Bonchev–Trinajstić information content (AvgIpc) is 2.99. The lowest BCUT2D eigenvalue weighted by atomic mass is 9.64. The van der Waals surface area contributed by atoms with Crippen molar-refractivity contribution in [2.75, 3.05) is 19.6 Å². The molecule has 4 rings (SSSR count). The van der Waals surface area contributed by atoms with Crippen molar-refractivity contribution in [3.05, 3.63) is 34.9 Å². The van der Waals surface area contributed by atoms with Gasteiger partial charge in [0.1, 0.15) is 0 Å². The Labute approximate surface area is 179 Å². The monoisotopic (exact) mass is 418 g/mol. The number of nitrogens with one attached hydrogen (secondary N) is 3. The highest BCUT2D eigenvalue weighted by atomic mass is 35.5. The Balaban J connectivity index is 1.25. The van der Waals surface area contributed by atoms with E-state index in [1.165, 1.54) is 24.8 Å². The molecule has 3 fully saturated rings. The fraction of sp³-hybridized carbons (Fsp3) is 0.696. The molecule has 3 N–H and O–H groups in total. The summed E-state index contributed by atoms with van der Waals surface area (Å²) in [6, 6.07) is 9.46. The van der Waals surface area contributed by atoms with Gasteiger partial charge in [0.2, 0.25) is 5.91 Å². The molecule has 0 spiro atoms. The van der Waals surface area contributed by atoms with Crippen LogP contribution in [0.15, 0.2) is 24.3 Å². The van der Waals surface area contributed by atoms with E-state index >= 15 is 0 Å². The molecule has 5 nitrogen and oxygen atoms in total. The minimum atomic E-state index is 0.203. The zero-order chi connectivity index (χ0) is 20.4. The van der Waals surface area contributed by atoms with Crippen LogP contribution < -0.4 is 16.2 Å². The molecule has 0 aromatic heterocycles. The molecular weight excluding hydrogens is 384 g/mol. The second-order valence-corrected chi connectivity index (χ2v) is 9.93. The van der Waals surface area contributed by atoms with Gasteiger partial charge in [-0.25, -0.2) is 0 Å². The Morgan fingerprint density at radius 1 is 1.14 bits per heavy atom. The summed E-state index contributed by atoms with van der Waals surface area (Å²) in [6.07, 6.45) is 6.55. The number of nitrogens with zero attached hydrogens (tertiary/aromatic N) is 1. The number of carbonyl (C=O) groups is 1. The van der Waals surface area contributed by atoms with Gasteiger partial charge in [-0.1, -0.05) is 30.2 Å². The van der Waals surface area contributed by atoms with Crippen molar-refractivity contribution in [1.29, 1.82) is 0 Å². The summed E-state index contributed by atoms with van der Waals surface area (Å²) in [5.41, 5.74) is 8.22. The molecule has 2 aliphatic heterocycles. The van der Waals surface area contributed by atoms with Gasteiger partial charge in [0.15, 0.2) is 0 Å². The van der Waals surface area contributed by atoms with E-state index in [0.29, 0.717) is 35.9 Å². The van der Waals surface area contributed by atoms with Crippen LogP contribution in [0.2, 0.25) is 5.02 Å². The lowest BCUT2D eigenvalue weighted by Gasteiger charge is -2.47. The number of carbonyl (C=O) groups excluding carboxylic acids is 1. The molecule has 1 saturated carbocycles. The first-order valence-corrected chi connectivity index (χ1v) is 11.6. The maximum atomic E-state index is 12.5. The summed E-state index contributed by atoms with van der Waals surface area (Å²) in [7, 11) is 0. The Morgan fingerprint density at radius 3 is 2.31 bits per heavy atom. The van der Waals surface area contributed by atoms with Gasteiger partial charge < -0.3 is 10.2 Å². The highest BCUT2D eigenvalue weighted by Gasteiger charge is 2.40. The second-order valence-electron chi connectivity index (χ2n) is 9.49. The molecule has 1 amide bonds. The summed E-state index contributed by atoms with van der Waals surface area (Å²) in [4.78, 5) is 15.1. The van der Waals surface area contributed by atoms with E-state index < -0.39 is 0 Å². The molecule has 1 aromatic carbocycles. The van der Waals surface area contributed by atoms with Crippen LogP contribution in [0.1, 0.15) is 57.9 Å². The van der Waals surface area contributed by atoms with Gasteiger partial charge in [0.25, 0.3) is 0 Å². The standard InChI is InChI=1S/C23H35ClN4O/c1-16-21(17(2)27-26-16)14-22(29)25-20-8-12-28(13-9-20)15-23(10-3-11-23)18-4-6-19(24)7-5-18/h4-7,16-17,20-21,26-27H,3,8-15H2,1-2H3,(H,25,29). The Hall–Kier alpha value is -1.14. The number of likely N-dealkylation sites (tertiary alicyclic amines) is 1. The third kappa shape index (κ3) is 4.79. The number of benzene rings is 1. The highest BCUT2D eigenvalue weighted by molar-refractivity contribution is 6.30. The van der Waals surface area contributed by atoms with Crippen molar-refractivity contribution in [2.24, 2.45) is 5.92 Å². The molecule has 2 atom stereocenters. The van der Waals surface area contributed by atoms with Crippen LogP contribution in [-0.4, -0.2) is 48.6 Å². The normalized spacial score (nSPS) is 30.1. The van der Waals surface area contributed by atoms with E-state index in [0.717, 1.165) is 37.5 Å². The van der Waals surface area contributed by atoms with Crippen molar-refractivity contribution < 1.29 is 4.79 Å². The average molecular weight is 419 g/mol. The van der Waals surface area contributed by atoms with E-state index in [2.05, 4.69) is 47.0 Å². The van der Waals surface area contributed by atoms with Crippen LogP contribution in [0.3, 0.4) is 0 Å². The molecule has 2 heterocycles. The van der Waals surface area contributed by atoms with Crippen molar-refractivity contribution in [1.82, 2.24) is 21.1 Å². The van der Waals surface area contributed by atoms with Crippen LogP contribution in [-0.2, 0) is 10.2 Å². The predicted octanol–water partition coefficient (Wildman–Crippen LogP) is 3.23. The molecule has 0 bridgehead atoms. The quantitative estimate of drug-likeness (QED) is 0.663. The molecule has 1 aromatic rings. The molecular formula is C23H35ClN4O. The number of hydrogen-bond acceptors (Lipinski definition) is 4. The Morgan fingerprint density at radius 2 is 1.76 bits per heavy atom. The van der Waals surface area contributed by atoms with E-state index in [9.17, 15) is 4.79 Å². The molecule has 29 heavy (non-hydrogen) atoms. The number of rotatable bonds is 6. The van der Waals surface area contributed by atoms with Crippen LogP contribution >= 0.6 is 11.6 Å². The van der Waals surface area contributed by atoms with E-state index in [1.54, 1.807) is 0 Å². The summed E-state index contributed by atoms with van der Waals surface area (Å²) in [5.74, 6) is 0.558. The summed E-state index contributed by atoms with van der Waals surface area (Å²) in [6.45, 7) is 7.55. The largest absolute Gasteiger partial charge is 0.353 e. The fourth-order valence-electron chi connectivity index (χ4n) is 5.37. The van der Waals surface area contributed by atoms with Crippen molar-refractivity contribution in [3.63, 3.8) is 0 Å². The number of halogens is 1. The van der Waals surface area contributed by atoms with Gasteiger partial charge in [-0.2, -0.15) is 0 Å². The SMILES string of the molecule is CC1NNC(C)C1CC(=O)NC1CCN(CC2(c3ccc(Cl)cc3)CCC2)CC1. The van der Waals surface area contributed by atoms with Crippen LogP contribution in [0.4, 0.5) is 0 Å². The number of piperidine rings is 1. The molecule has 3 aliphatic rings. The Bertz CT molecular complexity index is 687. The van der Waals surface area contributed by atoms with Crippen molar-refractivity contribution in [2.45, 2.75) is 75.9 Å². The third-order valence-electron chi connectivity index (χ3n) is 7.49. The lowest BCUT2D eigenvalue weighted by Crippen LogP contribution is -2.51.